The summed E-state index contributed by atoms with van der Waals surface area (Å²) in [5, 5.41) is 6.70. The van der Waals surface area contributed by atoms with E-state index in [1.165, 1.54) is 12.5 Å². The minimum Gasteiger partial charge on any atom is -0.379 e. The van der Waals surface area contributed by atoms with Gasteiger partial charge in [0.15, 0.2) is 5.96 Å². The van der Waals surface area contributed by atoms with Crippen molar-refractivity contribution in [2.24, 2.45) is 4.99 Å². The first-order valence-electron chi connectivity index (χ1n) is 9.81. The highest BCUT2D eigenvalue weighted by Gasteiger charge is 2.09. The van der Waals surface area contributed by atoms with Gasteiger partial charge in [-0.05, 0) is 55.8 Å². The van der Waals surface area contributed by atoms with Gasteiger partial charge >= 0.3 is 0 Å². The normalized spacial score (nSPS) is 15.2. The van der Waals surface area contributed by atoms with E-state index in [0.717, 1.165) is 75.2 Å². The number of aliphatic imine (C=N–C) groups is 1. The van der Waals surface area contributed by atoms with Crippen molar-refractivity contribution in [1.82, 2.24) is 15.5 Å². The number of guanidine groups is 1. The Morgan fingerprint density at radius 1 is 1.21 bits per heavy atom. The maximum absolute atomic E-state index is 13.5. The summed E-state index contributed by atoms with van der Waals surface area (Å²) in [6.07, 6.45) is 4.30. The van der Waals surface area contributed by atoms with E-state index in [1.54, 1.807) is 17.8 Å². The molecule has 0 spiro atoms. The largest absolute Gasteiger partial charge is 0.379 e. The van der Waals surface area contributed by atoms with E-state index in [0.29, 0.717) is 6.54 Å². The summed E-state index contributed by atoms with van der Waals surface area (Å²) in [7, 11) is 0. The molecule has 0 bridgehead atoms. The predicted molar refractivity (Wildman–Crippen MR) is 128 cm³/mol. The Kier molecular flexibility index (Phi) is 13.9. The van der Waals surface area contributed by atoms with Gasteiger partial charge < -0.3 is 15.4 Å². The van der Waals surface area contributed by atoms with Gasteiger partial charge in [0.1, 0.15) is 5.82 Å². The number of morpholine rings is 1. The molecule has 0 aromatic heterocycles. The smallest absolute Gasteiger partial charge is 0.191 e. The first-order valence-corrected chi connectivity index (χ1v) is 11.2. The lowest BCUT2D eigenvalue weighted by molar-refractivity contribution is 0.0372. The first kappa shape index (κ1) is 25.5. The molecule has 0 atom stereocenters. The molecule has 0 aliphatic carbocycles. The highest BCUT2D eigenvalue weighted by Crippen LogP contribution is 2.17. The summed E-state index contributed by atoms with van der Waals surface area (Å²) >= 11 is 1.69. The molecule has 160 valence electrons. The van der Waals surface area contributed by atoms with Crippen molar-refractivity contribution in [2.45, 2.75) is 32.1 Å². The van der Waals surface area contributed by atoms with Crippen LogP contribution in [0, 0.1) is 5.82 Å². The number of rotatable bonds is 10. The van der Waals surface area contributed by atoms with E-state index in [4.69, 9.17) is 4.74 Å². The van der Waals surface area contributed by atoms with Gasteiger partial charge in [-0.25, -0.2) is 9.38 Å². The third kappa shape index (κ3) is 9.76. The van der Waals surface area contributed by atoms with Gasteiger partial charge in [0, 0.05) is 31.9 Å². The summed E-state index contributed by atoms with van der Waals surface area (Å²) in [6.45, 7) is 9.28. The third-order valence-electron chi connectivity index (χ3n) is 4.52. The number of hydrogen-bond donors (Lipinski definition) is 2. The van der Waals surface area contributed by atoms with Crippen molar-refractivity contribution >= 4 is 41.7 Å². The Labute approximate surface area is 190 Å². The Bertz CT molecular complexity index is 585. The Morgan fingerprint density at radius 3 is 2.71 bits per heavy atom. The van der Waals surface area contributed by atoms with E-state index < -0.39 is 0 Å². The van der Waals surface area contributed by atoms with E-state index in [2.05, 4.69) is 27.4 Å². The lowest BCUT2D eigenvalue weighted by atomic mass is 10.1. The molecule has 28 heavy (non-hydrogen) atoms. The van der Waals surface area contributed by atoms with Gasteiger partial charge in [-0.2, -0.15) is 11.8 Å². The fraction of sp³-hybridized carbons (Fsp3) is 0.650. The van der Waals surface area contributed by atoms with Crippen molar-refractivity contribution in [1.29, 1.82) is 0 Å². The van der Waals surface area contributed by atoms with E-state index in [1.807, 2.05) is 12.3 Å². The molecule has 1 saturated heterocycles. The topological polar surface area (TPSA) is 48.9 Å². The Morgan fingerprint density at radius 2 is 2.00 bits per heavy atom. The zero-order valence-corrected chi connectivity index (χ0v) is 20.2. The highest BCUT2D eigenvalue weighted by atomic mass is 127. The van der Waals surface area contributed by atoms with Crippen molar-refractivity contribution in [3.05, 3.63) is 35.1 Å². The van der Waals surface area contributed by atoms with Crippen LogP contribution in [0.4, 0.5) is 4.39 Å². The summed E-state index contributed by atoms with van der Waals surface area (Å²) in [6, 6.07) is 4.98. The number of nitrogens with one attached hydrogen (secondary N) is 2. The highest BCUT2D eigenvalue weighted by molar-refractivity contribution is 14.0. The second-order valence-electron chi connectivity index (χ2n) is 6.63. The molecule has 0 amide bonds. The lowest BCUT2D eigenvalue weighted by Crippen LogP contribution is -2.39. The number of benzene rings is 1. The SMILES string of the molecule is CCNC(=NCc1ccc(F)cc1CSC)NCCCCN1CCOCC1.I. The summed E-state index contributed by atoms with van der Waals surface area (Å²) in [5.41, 5.74) is 2.10. The van der Waals surface area contributed by atoms with Crippen molar-refractivity contribution in [3.63, 3.8) is 0 Å². The number of ether oxygens (including phenoxy) is 1. The molecule has 1 aromatic rings. The summed E-state index contributed by atoms with van der Waals surface area (Å²) in [4.78, 5) is 7.14. The van der Waals surface area contributed by atoms with Crippen molar-refractivity contribution in [2.75, 3.05) is 52.2 Å². The van der Waals surface area contributed by atoms with Crippen LogP contribution in [0.3, 0.4) is 0 Å². The summed E-state index contributed by atoms with van der Waals surface area (Å²) in [5.74, 6) is 1.44. The average Bonchev–Trinajstić information content (AvgIpc) is 2.68. The quantitative estimate of drug-likeness (QED) is 0.213. The molecule has 1 aromatic carbocycles. The zero-order valence-electron chi connectivity index (χ0n) is 17.0. The minimum atomic E-state index is -0.183. The fourth-order valence-electron chi connectivity index (χ4n) is 3.04. The molecular formula is C20H34FIN4OS. The number of unbranched alkanes of at least 4 members (excludes halogenated alkanes) is 1. The van der Waals surface area contributed by atoms with Crippen molar-refractivity contribution < 1.29 is 9.13 Å². The van der Waals surface area contributed by atoms with Crippen LogP contribution in [0.1, 0.15) is 30.9 Å². The molecule has 2 rings (SSSR count). The Balaban J connectivity index is 0.00000392. The maximum Gasteiger partial charge on any atom is 0.191 e. The molecule has 8 heteroatoms. The van der Waals surface area contributed by atoms with Crippen LogP contribution in [0.2, 0.25) is 0 Å². The van der Waals surface area contributed by atoms with Crippen LogP contribution in [0.15, 0.2) is 23.2 Å². The molecule has 0 radical (unpaired) electrons. The van der Waals surface area contributed by atoms with E-state index >= 15 is 0 Å². The molecule has 1 aliphatic rings. The first-order chi connectivity index (χ1) is 13.2. The fourth-order valence-corrected chi connectivity index (χ4v) is 3.62. The molecule has 0 saturated carbocycles. The molecular weight excluding hydrogens is 490 g/mol. The number of hydrogen-bond acceptors (Lipinski definition) is 4. The van der Waals surface area contributed by atoms with Gasteiger partial charge in [-0.1, -0.05) is 6.07 Å². The van der Waals surface area contributed by atoms with Crippen LogP contribution < -0.4 is 10.6 Å². The van der Waals surface area contributed by atoms with Crippen LogP contribution in [-0.2, 0) is 17.0 Å². The van der Waals surface area contributed by atoms with Crippen molar-refractivity contribution in [3.8, 4) is 0 Å². The average molecular weight is 524 g/mol. The minimum absolute atomic E-state index is 0. The third-order valence-corrected chi connectivity index (χ3v) is 5.12. The van der Waals surface area contributed by atoms with Crippen LogP contribution in [-0.4, -0.2) is 63.1 Å². The molecule has 1 heterocycles. The Hall–Kier alpha value is -0.580. The van der Waals surface area contributed by atoms with Gasteiger partial charge in [-0.3, -0.25) is 4.90 Å². The molecule has 0 unspecified atom stereocenters. The van der Waals surface area contributed by atoms with Crippen LogP contribution in [0.25, 0.3) is 0 Å². The number of nitrogens with zero attached hydrogens (tertiary/aromatic N) is 2. The predicted octanol–water partition coefficient (Wildman–Crippen LogP) is 3.47. The monoisotopic (exact) mass is 524 g/mol. The molecule has 1 aliphatic heterocycles. The number of halogens is 2. The van der Waals surface area contributed by atoms with E-state index in [9.17, 15) is 4.39 Å². The molecule has 1 fully saturated rings. The van der Waals surface area contributed by atoms with Gasteiger partial charge in [-0.15, -0.1) is 24.0 Å². The maximum atomic E-state index is 13.5. The second-order valence-corrected chi connectivity index (χ2v) is 7.50. The van der Waals surface area contributed by atoms with Crippen LogP contribution in [0.5, 0.6) is 0 Å². The standard InChI is InChI=1S/C20H33FN4OS.HI/c1-3-22-20(23-8-4-5-9-25-10-12-26-13-11-25)24-15-17-6-7-19(21)14-18(17)16-27-2;/h6-7,14H,3-5,8-13,15-16H2,1-2H3,(H2,22,23,24);1H. The van der Waals surface area contributed by atoms with Crippen LogP contribution >= 0.6 is 35.7 Å². The van der Waals surface area contributed by atoms with Gasteiger partial charge in [0.2, 0.25) is 0 Å². The second kappa shape index (κ2) is 15.3. The lowest BCUT2D eigenvalue weighted by Gasteiger charge is -2.26. The molecule has 2 N–H and O–H groups in total. The summed E-state index contributed by atoms with van der Waals surface area (Å²) < 4.78 is 18.9. The zero-order chi connectivity index (χ0) is 19.3. The number of thioether (sulfide) groups is 1. The van der Waals surface area contributed by atoms with E-state index in [-0.39, 0.29) is 29.8 Å². The van der Waals surface area contributed by atoms with Gasteiger partial charge in [0.25, 0.3) is 0 Å². The molecule has 5 nitrogen and oxygen atoms in total. The van der Waals surface area contributed by atoms with Gasteiger partial charge in [0.05, 0.1) is 19.8 Å².